The molecule has 0 radical (unpaired) electrons. The van der Waals surface area contributed by atoms with Gasteiger partial charge in [-0.3, -0.25) is 4.79 Å². The van der Waals surface area contributed by atoms with Crippen molar-refractivity contribution in [3.63, 3.8) is 0 Å². The fourth-order valence-corrected chi connectivity index (χ4v) is 1.65. The van der Waals surface area contributed by atoms with Gasteiger partial charge in [-0.25, -0.2) is 0 Å². The molecule has 0 bridgehead atoms. The predicted octanol–water partition coefficient (Wildman–Crippen LogP) is 3.86. The van der Waals surface area contributed by atoms with Gasteiger partial charge >= 0.3 is 6.18 Å². The number of carbonyl (C=O) groups is 1. The van der Waals surface area contributed by atoms with Crippen molar-refractivity contribution in [1.29, 1.82) is 0 Å². The number of benzene rings is 1. The Morgan fingerprint density at radius 2 is 1.76 bits per heavy atom. The molecule has 4 heteroatoms. The summed E-state index contributed by atoms with van der Waals surface area (Å²) in [6, 6.07) is 4.97. The molecule has 1 atom stereocenters. The monoisotopic (exact) mass is 244 g/mol. The standard InChI is InChI=1S/C13H15F3O/c1-3-12(17)9(2)8-10-4-6-11(7-5-10)13(14,15)16/h4-7,9H,3,8H2,1-2H3/t9-/m0/s1. The van der Waals surface area contributed by atoms with E-state index in [-0.39, 0.29) is 11.7 Å². The normalized spacial score (nSPS) is 13.5. The average Bonchev–Trinajstić information content (AvgIpc) is 2.27. The molecular weight excluding hydrogens is 229 g/mol. The van der Waals surface area contributed by atoms with E-state index in [0.29, 0.717) is 12.8 Å². The summed E-state index contributed by atoms with van der Waals surface area (Å²) in [6.07, 6.45) is -3.35. The van der Waals surface area contributed by atoms with Crippen molar-refractivity contribution in [3.05, 3.63) is 35.4 Å². The number of rotatable bonds is 4. The van der Waals surface area contributed by atoms with Crippen molar-refractivity contribution in [2.45, 2.75) is 32.9 Å². The molecule has 17 heavy (non-hydrogen) atoms. The Morgan fingerprint density at radius 1 is 1.24 bits per heavy atom. The lowest BCUT2D eigenvalue weighted by Crippen LogP contribution is -2.12. The van der Waals surface area contributed by atoms with Crippen LogP contribution in [0.3, 0.4) is 0 Å². The molecule has 0 saturated carbocycles. The first-order valence-corrected chi connectivity index (χ1v) is 5.53. The molecule has 1 aromatic carbocycles. The summed E-state index contributed by atoms with van der Waals surface area (Å²) in [7, 11) is 0. The SMILES string of the molecule is CCC(=O)[C@@H](C)Cc1ccc(C(F)(F)F)cc1. The molecule has 1 nitrogen and oxygen atoms in total. The zero-order valence-electron chi connectivity index (χ0n) is 9.84. The van der Waals surface area contributed by atoms with E-state index in [0.717, 1.165) is 17.7 Å². The van der Waals surface area contributed by atoms with Crippen LogP contribution in [-0.4, -0.2) is 5.78 Å². The molecule has 0 saturated heterocycles. The van der Waals surface area contributed by atoms with E-state index in [2.05, 4.69) is 0 Å². The van der Waals surface area contributed by atoms with E-state index < -0.39 is 11.7 Å². The average molecular weight is 244 g/mol. The van der Waals surface area contributed by atoms with Crippen LogP contribution in [0.5, 0.6) is 0 Å². The molecule has 94 valence electrons. The molecule has 0 fully saturated rings. The first-order valence-electron chi connectivity index (χ1n) is 5.53. The zero-order valence-corrected chi connectivity index (χ0v) is 9.84. The van der Waals surface area contributed by atoms with Gasteiger partial charge in [-0.1, -0.05) is 26.0 Å². The van der Waals surface area contributed by atoms with Crippen LogP contribution in [0.1, 0.15) is 31.4 Å². The zero-order chi connectivity index (χ0) is 13.1. The van der Waals surface area contributed by atoms with E-state index in [1.807, 2.05) is 0 Å². The molecule has 0 spiro atoms. The Kier molecular flexibility index (Phi) is 4.32. The lowest BCUT2D eigenvalue weighted by molar-refractivity contribution is -0.137. The van der Waals surface area contributed by atoms with Crippen LogP contribution < -0.4 is 0 Å². The Labute approximate surface area is 98.6 Å². The van der Waals surface area contributed by atoms with Crippen LogP contribution in [0.4, 0.5) is 13.2 Å². The minimum Gasteiger partial charge on any atom is -0.299 e. The van der Waals surface area contributed by atoms with E-state index in [9.17, 15) is 18.0 Å². The Morgan fingerprint density at radius 3 is 2.18 bits per heavy atom. The third kappa shape index (κ3) is 3.88. The van der Waals surface area contributed by atoms with Crippen LogP contribution in [-0.2, 0) is 17.4 Å². The predicted molar refractivity (Wildman–Crippen MR) is 59.6 cm³/mol. The summed E-state index contributed by atoms with van der Waals surface area (Å²) in [4.78, 5) is 11.4. The highest BCUT2D eigenvalue weighted by Crippen LogP contribution is 2.29. The van der Waals surface area contributed by atoms with Crippen molar-refractivity contribution in [3.8, 4) is 0 Å². The minimum absolute atomic E-state index is 0.130. The lowest BCUT2D eigenvalue weighted by Gasteiger charge is -2.10. The first kappa shape index (κ1) is 13.7. The second kappa shape index (κ2) is 5.34. The summed E-state index contributed by atoms with van der Waals surface area (Å²) in [5.74, 6) is -0.0124. The van der Waals surface area contributed by atoms with Crippen molar-refractivity contribution in [2.75, 3.05) is 0 Å². The number of hydrogen-bond acceptors (Lipinski definition) is 1. The van der Waals surface area contributed by atoms with Crippen LogP contribution in [0, 0.1) is 5.92 Å². The summed E-state index contributed by atoms with van der Waals surface area (Å²) in [5, 5.41) is 0. The molecule has 0 unspecified atom stereocenters. The number of Topliss-reactive ketones (excluding diaryl/α,β-unsaturated/α-hetero) is 1. The second-order valence-electron chi connectivity index (χ2n) is 4.12. The molecule has 0 N–H and O–H groups in total. The van der Waals surface area contributed by atoms with Crippen molar-refractivity contribution in [2.24, 2.45) is 5.92 Å². The molecule has 1 aromatic rings. The van der Waals surface area contributed by atoms with Gasteiger partial charge in [0.05, 0.1) is 5.56 Å². The third-order valence-corrected chi connectivity index (χ3v) is 2.72. The van der Waals surface area contributed by atoms with Gasteiger partial charge in [0.2, 0.25) is 0 Å². The number of hydrogen-bond donors (Lipinski definition) is 0. The maximum atomic E-state index is 12.3. The van der Waals surface area contributed by atoms with Crippen LogP contribution in [0.25, 0.3) is 0 Å². The number of halogens is 3. The van der Waals surface area contributed by atoms with E-state index in [1.54, 1.807) is 13.8 Å². The Hall–Kier alpha value is -1.32. The molecule has 1 rings (SSSR count). The van der Waals surface area contributed by atoms with Crippen LogP contribution in [0.15, 0.2) is 24.3 Å². The molecule has 0 amide bonds. The van der Waals surface area contributed by atoms with Gasteiger partial charge in [0.25, 0.3) is 0 Å². The van der Waals surface area contributed by atoms with Gasteiger partial charge in [0.1, 0.15) is 5.78 Å². The molecular formula is C13H15F3O. The molecule has 0 aromatic heterocycles. The minimum atomic E-state index is -4.30. The largest absolute Gasteiger partial charge is 0.416 e. The third-order valence-electron chi connectivity index (χ3n) is 2.72. The van der Waals surface area contributed by atoms with E-state index in [4.69, 9.17) is 0 Å². The van der Waals surface area contributed by atoms with Crippen LogP contribution in [0.2, 0.25) is 0 Å². The van der Waals surface area contributed by atoms with Gasteiger partial charge in [-0.15, -0.1) is 0 Å². The fraction of sp³-hybridized carbons (Fsp3) is 0.462. The van der Waals surface area contributed by atoms with Gasteiger partial charge in [-0.05, 0) is 24.1 Å². The summed E-state index contributed by atoms with van der Waals surface area (Å²) < 4.78 is 36.9. The molecule has 0 heterocycles. The van der Waals surface area contributed by atoms with Gasteiger partial charge in [-0.2, -0.15) is 13.2 Å². The van der Waals surface area contributed by atoms with E-state index >= 15 is 0 Å². The summed E-state index contributed by atoms with van der Waals surface area (Å²) in [5.41, 5.74) is 0.100. The Bertz CT molecular complexity index is 379. The lowest BCUT2D eigenvalue weighted by atomic mass is 9.95. The van der Waals surface area contributed by atoms with Crippen molar-refractivity contribution < 1.29 is 18.0 Å². The summed E-state index contributed by atoms with van der Waals surface area (Å²) >= 11 is 0. The number of ketones is 1. The molecule has 0 aliphatic carbocycles. The Balaban J connectivity index is 2.72. The molecule has 0 aliphatic rings. The van der Waals surface area contributed by atoms with Crippen molar-refractivity contribution in [1.82, 2.24) is 0 Å². The fourth-order valence-electron chi connectivity index (χ4n) is 1.65. The number of carbonyl (C=O) groups excluding carboxylic acids is 1. The smallest absolute Gasteiger partial charge is 0.299 e. The quantitative estimate of drug-likeness (QED) is 0.786. The van der Waals surface area contributed by atoms with E-state index in [1.165, 1.54) is 12.1 Å². The number of alkyl halides is 3. The first-order chi connectivity index (χ1) is 7.84. The van der Waals surface area contributed by atoms with Gasteiger partial charge in [0, 0.05) is 12.3 Å². The maximum absolute atomic E-state index is 12.3. The van der Waals surface area contributed by atoms with Crippen LogP contribution >= 0.6 is 0 Å². The highest BCUT2D eigenvalue weighted by Gasteiger charge is 2.29. The van der Waals surface area contributed by atoms with Gasteiger partial charge < -0.3 is 0 Å². The molecule has 0 aliphatic heterocycles. The topological polar surface area (TPSA) is 17.1 Å². The van der Waals surface area contributed by atoms with Gasteiger partial charge in [0.15, 0.2) is 0 Å². The second-order valence-corrected chi connectivity index (χ2v) is 4.12. The maximum Gasteiger partial charge on any atom is 0.416 e. The van der Waals surface area contributed by atoms with Crippen molar-refractivity contribution >= 4 is 5.78 Å². The summed E-state index contributed by atoms with van der Waals surface area (Å²) in [6.45, 7) is 3.58. The highest BCUT2D eigenvalue weighted by atomic mass is 19.4. The highest BCUT2D eigenvalue weighted by molar-refractivity contribution is 5.80.